The number of benzene rings is 1. The normalized spacial score (nSPS) is 27.1. The average Bonchev–Trinajstić information content (AvgIpc) is 2.63. The summed E-state index contributed by atoms with van der Waals surface area (Å²) in [4.78, 5) is 0. The van der Waals surface area contributed by atoms with Crippen molar-refractivity contribution >= 4 is 0 Å². The van der Waals surface area contributed by atoms with Crippen LogP contribution in [0, 0.1) is 11.3 Å². The summed E-state index contributed by atoms with van der Waals surface area (Å²) >= 11 is 0. The van der Waals surface area contributed by atoms with Crippen LogP contribution >= 0.6 is 0 Å². The maximum Gasteiger partial charge on any atom is -0.00232 e. The molecule has 2 N–H and O–H groups in total. The number of hydrogen-bond donors (Lipinski definition) is 1. The van der Waals surface area contributed by atoms with Gasteiger partial charge in [-0.05, 0) is 42.7 Å². The molecule has 1 nitrogen and oxygen atoms in total. The Morgan fingerprint density at radius 1 is 1.16 bits per heavy atom. The van der Waals surface area contributed by atoms with Gasteiger partial charge in [0.15, 0.2) is 0 Å². The predicted molar refractivity (Wildman–Crippen MR) is 85.2 cm³/mol. The van der Waals surface area contributed by atoms with Gasteiger partial charge in [0.1, 0.15) is 0 Å². The molecule has 1 saturated carbocycles. The van der Waals surface area contributed by atoms with Crippen molar-refractivity contribution in [3.63, 3.8) is 0 Å². The standard InChI is InChI=1S/C10H21N.C8H10/c1-9-4-3-6-10(2,8-11)7-5-9;1-2-8-6-4-3-5-7-8/h9H,3-8,11H2,1-2H3;3-7H,2H2,1H3/t9-,10?;/m0./s1. The molecule has 1 aromatic carbocycles. The van der Waals surface area contributed by atoms with Gasteiger partial charge >= 0.3 is 0 Å². The van der Waals surface area contributed by atoms with Crippen LogP contribution in [0.3, 0.4) is 0 Å². The van der Waals surface area contributed by atoms with E-state index in [9.17, 15) is 0 Å². The van der Waals surface area contributed by atoms with Gasteiger partial charge in [-0.3, -0.25) is 0 Å². The van der Waals surface area contributed by atoms with Crippen molar-refractivity contribution in [1.82, 2.24) is 0 Å². The van der Waals surface area contributed by atoms with Crippen LogP contribution in [0.4, 0.5) is 0 Å². The summed E-state index contributed by atoms with van der Waals surface area (Å²) in [6.45, 7) is 7.74. The lowest BCUT2D eigenvalue weighted by Crippen LogP contribution is -2.26. The molecule has 0 aliphatic heterocycles. The molecular weight excluding hydrogens is 230 g/mol. The summed E-state index contributed by atoms with van der Waals surface area (Å²) in [5.74, 6) is 0.934. The van der Waals surface area contributed by atoms with E-state index in [0.29, 0.717) is 5.41 Å². The Labute approximate surface area is 119 Å². The van der Waals surface area contributed by atoms with Crippen molar-refractivity contribution in [2.45, 2.75) is 59.3 Å². The molecule has 108 valence electrons. The third-order valence-corrected chi connectivity index (χ3v) is 4.46. The molecule has 0 spiro atoms. The van der Waals surface area contributed by atoms with E-state index in [0.717, 1.165) is 18.9 Å². The molecule has 0 saturated heterocycles. The van der Waals surface area contributed by atoms with Crippen LogP contribution < -0.4 is 5.73 Å². The zero-order valence-corrected chi connectivity index (χ0v) is 13.0. The van der Waals surface area contributed by atoms with Crippen LogP contribution in [0.25, 0.3) is 0 Å². The monoisotopic (exact) mass is 261 g/mol. The Kier molecular flexibility index (Phi) is 7.15. The van der Waals surface area contributed by atoms with Gasteiger partial charge in [0, 0.05) is 0 Å². The van der Waals surface area contributed by atoms with E-state index in [2.05, 4.69) is 45.0 Å². The first kappa shape index (κ1) is 16.2. The number of aryl methyl sites for hydroxylation is 1. The van der Waals surface area contributed by atoms with Gasteiger partial charge in [-0.15, -0.1) is 0 Å². The molecule has 0 aromatic heterocycles. The average molecular weight is 261 g/mol. The minimum absolute atomic E-state index is 0.463. The molecule has 0 bridgehead atoms. The SMILES string of the molecule is CCc1ccccc1.C[C@H]1CCCC(C)(CN)CC1. The molecule has 2 atom stereocenters. The second kappa shape index (κ2) is 8.37. The fourth-order valence-corrected chi connectivity index (χ4v) is 2.66. The fraction of sp³-hybridized carbons (Fsp3) is 0.667. The van der Waals surface area contributed by atoms with E-state index in [1.165, 1.54) is 37.7 Å². The van der Waals surface area contributed by atoms with Gasteiger partial charge in [-0.1, -0.05) is 70.4 Å². The summed E-state index contributed by atoms with van der Waals surface area (Å²) in [5, 5.41) is 0. The molecule has 0 amide bonds. The lowest BCUT2D eigenvalue weighted by Gasteiger charge is -2.25. The van der Waals surface area contributed by atoms with Crippen molar-refractivity contribution in [3.05, 3.63) is 35.9 Å². The molecule has 1 unspecified atom stereocenters. The van der Waals surface area contributed by atoms with Crippen molar-refractivity contribution < 1.29 is 0 Å². The highest BCUT2D eigenvalue weighted by molar-refractivity contribution is 5.13. The molecule has 1 fully saturated rings. The molecule has 2 rings (SSSR count). The Morgan fingerprint density at radius 3 is 2.37 bits per heavy atom. The van der Waals surface area contributed by atoms with E-state index in [-0.39, 0.29) is 0 Å². The minimum atomic E-state index is 0.463. The maximum atomic E-state index is 5.75. The quantitative estimate of drug-likeness (QED) is 0.760. The largest absolute Gasteiger partial charge is 0.330 e. The molecular formula is C18H31N. The number of hydrogen-bond acceptors (Lipinski definition) is 1. The Bertz CT molecular complexity index is 333. The summed E-state index contributed by atoms with van der Waals surface area (Å²) in [5.41, 5.74) is 7.63. The molecule has 19 heavy (non-hydrogen) atoms. The maximum absolute atomic E-state index is 5.75. The molecule has 1 aromatic rings. The smallest absolute Gasteiger partial charge is 0.00232 e. The van der Waals surface area contributed by atoms with E-state index in [1.807, 2.05) is 6.07 Å². The van der Waals surface area contributed by atoms with Gasteiger partial charge in [0.25, 0.3) is 0 Å². The summed E-state index contributed by atoms with van der Waals surface area (Å²) in [6.07, 6.45) is 8.00. The summed E-state index contributed by atoms with van der Waals surface area (Å²) < 4.78 is 0. The van der Waals surface area contributed by atoms with Gasteiger partial charge in [-0.2, -0.15) is 0 Å². The summed E-state index contributed by atoms with van der Waals surface area (Å²) in [6, 6.07) is 10.5. The van der Waals surface area contributed by atoms with Crippen LogP contribution in [-0.2, 0) is 6.42 Å². The Balaban J connectivity index is 0.000000200. The molecule has 1 heteroatoms. The van der Waals surface area contributed by atoms with Crippen LogP contribution in [0.1, 0.15) is 58.4 Å². The zero-order valence-electron chi connectivity index (χ0n) is 13.0. The fourth-order valence-electron chi connectivity index (χ4n) is 2.66. The van der Waals surface area contributed by atoms with Gasteiger partial charge in [0.05, 0.1) is 0 Å². The van der Waals surface area contributed by atoms with E-state index in [1.54, 1.807) is 0 Å². The highest BCUT2D eigenvalue weighted by atomic mass is 14.6. The van der Waals surface area contributed by atoms with E-state index >= 15 is 0 Å². The lowest BCUT2D eigenvalue weighted by molar-refractivity contribution is 0.285. The van der Waals surface area contributed by atoms with Crippen molar-refractivity contribution in [1.29, 1.82) is 0 Å². The first-order valence-corrected chi connectivity index (χ1v) is 7.83. The molecule has 1 aliphatic carbocycles. The van der Waals surface area contributed by atoms with Crippen molar-refractivity contribution in [3.8, 4) is 0 Å². The third-order valence-electron chi connectivity index (χ3n) is 4.46. The van der Waals surface area contributed by atoms with Crippen LogP contribution in [0.2, 0.25) is 0 Å². The van der Waals surface area contributed by atoms with Gasteiger partial charge in [-0.25, -0.2) is 0 Å². The van der Waals surface area contributed by atoms with Crippen LogP contribution in [0.15, 0.2) is 30.3 Å². The van der Waals surface area contributed by atoms with Crippen molar-refractivity contribution in [2.24, 2.45) is 17.1 Å². The Morgan fingerprint density at radius 2 is 1.84 bits per heavy atom. The van der Waals surface area contributed by atoms with Crippen LogP contribution in [0.5, 0.6) is 0 Å². The first-order chi connectivity index (χ1) is 9.09. The first-order valence-electron chi connectivity index (χ1n) is 7.83. The highest BCUT2D eigenvalue weighted by Gasteiger charge is 2.25. The summed E-state index contributed by atoms with van der Waals surface area (Å²) in [7, 11) is 0. The minimum Gasteiger partial charge on any atom is -0.330 e. The van der Waals surface area contributed by atoms with E-state index in [4.69, 9.17) is 5.73 Å². The highest BCUT2D eigenvalue weighted by Crippen LogP contribution is 2.35. The predicted octanol–water partition coefficient (Wildman–Crippen LogP) is 4.80. The number of nitrogens with two attached hydrogens (primary N) is 1. The number of rotatable bonds is 2. The molecule has 0 radical (unpaired) electrons. The van der Waals surface area contributed by atoms with Gasteiger partial charge in [0.2, 0.25) is 0 Å². The second-order valence-corrected chi connectivity index (χ2v) is 6.39. The molecule has 0 heterocycles. The lowest BCUT2D eigenvalue weighted by atomic mass is 9.82. The second-order valence-electron chi connectivity index (χ2n) is 6.39. The van der Waals surface area contributed by atoms with Crippen LogP contribution in [-0.4, -0.2) is 6.54 Å². The van der Waals surface area contributed by atoms with Crippen molar-refractivity contribution in [2.75, 3.05) is 6.54 Å². The Hall–Kier alpha value is -0.820. The molecule has 1 aliphatic rings. The zero-order chi connectivity index (χ0) is 14.1. The third kappa shape index (κ3) is 6.24. The topological polar surface area (TPSA) is 26.0 Å². The van der Waals surface area contributed by atoms with E-state index < -0.39 is 0 Å². The van der Waals surface area contributed by atoms with Gasteiger partial charge < -0.3 is 5.73 Å².